The minimum atomic E-state index is -0.151. The Bertz CT molecular complexity index is 732. The summed E-state index contributed by atoms with van der Waals surface area (Å²) in [4.78, 5) is 16.1. The van der Waals surface area contributed by atoms with Crippen LogP contribution in [-0.2, 0) is 4.79 Å². The molecule has 1 aliphatic heterocycles. The van der Waals surface area contributed by atoms with Gasteiger partial charge in [-0.25, -0.2) is 4.39 Å². The molecule has 0 spiro atoms. The lowest BCUT2D eigenvalue weighted by Crippen LogP contribution is -2.11. The highest BCUT2D eigenvalue weighted by Gasteiger charge is 2.27. The third kappa shape index (κ3) is 4.45. The van der Waals surface area contributed by atoms with Crippen molar-refractivity contribution >= 4 is 11.5 Å². The fourth-order valence-electron chi connectivity index (χ4n) is 4.06. The van der Waals surface area contributed by atoms with Crippen molar-refractivity contribution in [3.05, 3.63) is 46.4 Å². The van der Waals surface area contributed by atoms with E-state index in [9.17, 15) is 9.18 Å². The number of Topliss-reactive ketones (excluding diaryl/α,β-unsaturated/α-hetero) is 1. The molecule has 1 aliphatic carbocycles. The molecule has 1 aromatic rings. The van der Waals surface area contributed by atoms with E-state index in [1.807, 2.05) is 12.1 Å². The van der Waals surface area contributed by atoms with Crippen LogP contribution in [0.4, 0.5) is 4.39 Å². The largest absolute Gasteiger partial charge is 0.300 e. The number of halogens is 1. The van der Waals surface area contributed by atoms with Gasteiger partial charge < -0.3 is 4.79 Å². The van der Waals surface area contributed by atoms with E-state index >= 15 is 0 Å². The molecule has 2 nitrogen and oxygen atoms in total. The summed E-state index contributed by atoms with van der Waals surface area (Å²) >= 11 is 0. The van der Waals surface area contributed by atoms with E-state index in [0.29, 0.717) is 23.8 Å². The molecule has 2 unspecified atom stereocenters. The van der Waals surface area contributed by atoms with Gasteiger partial charge in [-0.15, -0.1) is 0 Å². The summed E-state index contributed by atoms with van der Waals surface area (Å²) in [5.74, 6) is 1.29. The summed E-state index contributed by atoms with van der Waals surface area (Å²) in [7, 11) is 0. The zero-order valence-corrected chi connectivity index (χ0v) is 15.6. The molecule has 0 radical (unpaired) electrons. The van der Waals surface area contributed by atoms with Gasteiger partial charge in [0.15, 0.2) is 0 Å². The maximum Gasteiger partial charge on any atom is 0.130 e. The topological polar surface area (TPSA) is 29.4 Å². The lowest BCUT2D eigenvalue weighted by Gasteiger charge is -2.23. The number of allylic oxidation sites excluding steroid dienone is 2. The number of carbonyl (C=O) groups is 1. The van der Waals surface area contributed by atoms with E-state index in [1.165, 1.54) is 24.1 Å². The van der Waals surface area contributed by atoms with Crippen LogP contribution in [0.15, 0.2) is 34.5 Å². The zero-order valence-electron chi connectivity index (χ0n) is 15.6. The van der Waals surface area contributed by atoms with Crippen LogP contribution in [-0.4, -0.2) is 11.5 Å². The molecule has 134 valence electrons. The molecule has 25 heavy (non-hydrogen) atoms. The monoisotopic (exact) mass is 341 g/mol. The smallest absolute Gasteiger partial charge is 0.130 e. The number of ketones is 1. The van der Waals surface area contributed by atoms with Gasteiger partial charge in [0, 0.05) is 18.5 Å². The first-order chi connectivity index (χ1) is 11.9. The first-order valence-electron chi connectivity index (χ1n) is 9.46. The third-order valence-electron chi connectivity index (χ3n) is 5.60. The molecule has 0 saturated heterocycles. The van der Waals surface area contributed by atoms with E-state index in [1.54, 1.807) is 19.9 Å². The number of benzene rings is 1. The maximum absolute atomic E-state index is 13.8. The third-order valence-corrected chi connectivity index (χ3v) is 5.60. The number of aryl methyl sites for hydroxylation is 1. The van der Waals surface area contributed by atoms with Crippen LogP contribution in [0.1, 0.15) is 69.9 Å². The first-order valence-corrected chi connectivity index (χ1v) is 9.46. The van der Waals surface area contributed by atoms with Gasteiger partial charge >= 0.3 is 0 Å². The minimum absolute atomic E-state index is 0.151. The fourth-order valence-corrected chi connectivity index (χ4v) is 4.06. The van der Waals surface area contributed by atoms with Crippen molar-refractivity contribution in [1.29, 1.82) is 0 Å². The van der Waals surface area contributed by atoms with Crippen molar-refractivity contribution in [3.63, 3.8) is 0 Å². The molecule has 0 bridgehead atoms. The van der Waals surface area contributed by atoms with Crippen LogP contribution in [0.2, 0.25) is 0 Å². The summed E-state index contributed by atoms with van der Waals surface area (Å²) in [6, 6.07) is 5.44. The molecule has 3 rings (SSSR count). The van der Waals surface area contributed by atoms with Crippen LogP contribution < -0.4 is 0 Å². The van der Waals surface area contributed by atoms with Gasteiger partial charge in [-0.3, -0.25) is 4.99 Å². The molecule has 2 atom stereocenters. The number of hydrogen-bond acceptors (Lipinski definition) is 2. The highest BCUT2D eigenvalue weighted by atomic mass is 19.1. The van der Waals surface area contributed by atoms with Gasteiger partial charge in [0.1, 0.15) is 11.6 Å². The molecular formula is C22H28FNO. The van der Waals surface area contributed by atoms with Crippen LogP contribution in [0.3, 0.4) is 0 Å². The Morgan fingerprint density at radius 3 is 2.92 bits per heavy atom. The summed E-state index contributed by atoms with van der Waals surface area (Å²) in [6.45, 7) is 5.64. The van der Waals surface area contributed by atoms with Crippen molar-refractivity contribution in [2.75, 3.05) is 0 Å². The van der Waals surface area contributed by atoms with Crippen LogP contribution in [0, 0.1) is 24.6 Å². The van der Waals surface area contributed by atoms with E-state index in [0.717, 1.165) is 37.0 Å². The van der Waals surface area contributed by atoms with Gasteiger partial charge in [0.2, 0.25) is 0 Å². The molecule has 3 heteroatoms. The van der Waals surface area contributed by atoms with Crippen LogP contribution >= 0.6 is 0 Å². The van der Waals surface area contributed by atoms with Crippen molar-refractivity contribution in [3.8, 4) is 0 Å². The quantitative estimate of drug-likeness (QED) is 0.645. The Balaban J connectivity index is 1.60. The number of aliphatic imine (C=N–C) groups is 1. The summed E-state index contributed by atoms with van der Waals surface area (Å²) in [5.41, 5.74) is 5.31. The highest BCUT2D eigenvalue weighted by molar-refractivity contribution is 6.04. The zero-order chi connectivity index (χ0) is 18.0. The molecule has 0 aromatic heterocycles. The van der Waals surface area contributed by atoms with Gasteiger partial charge in [0.05, 0.1) is 5.71 Å². The molecule has 0 amide bonds. The Hall–Kier alpha value is -1.77. The number of hydrogen-bond donors (Lipinski definition) is 0. The van der Waals surface area contributed by atoms with E-state index in [2.05, 4.69) is 6.92 Å². The van der Waals surface area contributed by atoms with Crippen molar-refractivity contribution in [1.82, 2.24) is 0 Å². The van der Waals surface area contributed by atoms with E-state index in [-0.39, 0.29) is 11.6 Å². The fraction of sp³-hybridized carbons (Fsp3) is 0.545. The number of nitrogens with zero attached hydrogens (tertiary/aromatic N) is 1. The summed E-state index contributed by atoms with van der Waals surface area (Å²) < 4.78 is 13.8. The number of carbonyl (C=O) groups excluding carboxylic acids is 1. The minimum Gasteiger partial charge on any atom is -0.300 e. The Kier molecular flexibility index (Phi) is 5.51. The van der Waals surface area contributed by atoms with Gasteiger partial charge in [-0.2, -0.15) is 0 Å². The second kappa shape index (κ2) is 7.63. The van der Waals surface area contributed by atoms with Crippen LogP contribution in [0.25, 0.3) is 0 Å². The molecule has 0 saturated carbocycles. The Morgan fingerprint density at radius 1 is 1.40 bits per heavy atom. The van der Waals surface area contributed by atoms with E-state index < -0.39 is 0 Å². The summed E-state index contributed by atoms with van der Waals surface area (Å²) in [5, 5.41) is 0. The average molecular weight is 341 g/mol. The number of rotatable bonds is 6. The van der Waals surface area contributed by atoms with Crippen molar-refractivity contribution < 1.29 is 9.18 Å². The van der Waals surface area contributed by atoms with Crippen LogP contribution in [0.5, 0.6) is 0 Å². The molecule has 1 heterocycles. The van der Waals surface area contributed by atoms with Gasteiger partial charge in [0.25, 0.3) is 0 Å². The molecule has 0 N–H and O–H groups in total. The lowest BCUT2D eigenvalue weighted by molar-refractivity contribution is -0.117. The second-order valence-electron chi connectivity index (χ2n) is 7.95. The average Bonchev–Trinajstić information content (AvgIpc) is 2.98. The lowest BCUT2D eigenvalue weighted by atomic mass is 9.82. The molecule has 0 fully saturated rings. The predicted molar refractivity (Wildman–Crippen MR) is 100 cm³/mol. The van der Waals surface area contributed by atoms with E-state index in [4.69, 9.17) is 4.99 Å². The van der Waals surface area contributed by atoms with Crippen molar-refractivity contribution in [2.45, 2.75) is 65.7 Å². The summed E-state index contributed by atoms with van der Waals surface area (Å²) in [6.07, 6.45) is 7.24. The standard InChI is InChI=1S/C22H28FNO/c1-14(10-16(3)25)4-6-17-7-9-19-13-22(24-21(19)11-17)18-8-5-15(2)20(23)12-18/h5,8,12,14,17H,4,6-7,9-11,13H2,1-3H3. The Labute approximate surface area is 150 Å². The van der Waals surface area contributed by atoms with Gasteiger partial charge in [-0.05, 0) is 74.1 Å². The predicted octanol–water partition coefficient (Wildman–Crippen LogP) is 5.78. The normalized spacial score (nSPS) is 21.1. The molecular weight excluding hydrogens is 313 g/mol. The first kappa shape index (κ1) is 18.0. The van der Waals surface area contributed by atoms with Crippen molar-refractivity contribution in [2.24, 2.45) is 16.8 Å². The maximum atomic E-state index is 13.8. The molecule has 1 aromatic carbocycles. The molecule has 2 aliphatic rings. The second-order valence-corrected chi connectivity index (χ2v) is 7.95. The highest BCUT2D eigenvalue weighted by Crippen LogP contribution is 2.39. The SMILES string of the molecule is CC(=O)CC(C)CCC1CCC2=C(C1)N=C(c1ccc(C)c(F)c1)C2. The Morgan fingerprint density at radius 2 is 2.20 bits per heavy atom. The van der Waals surface area contributed by atoms with Gasteiger partial charge in [-0.1, -0.05) is 25.5 Å².